The Kier molecular flexibility index (Phi) is 4.11. The minimum Gasteiger partial charge on any atom is -0.321 e. The summed E-state index contributed by atoms with van der Waals surface area (Å²) in [5.41, 5.74) is 2.46. The Balaban J connectivity index is 1.67. The largest absolute Gasteiger partial charge is 0.321 e. The van der Waals surface area contributed by atoms with Gasteiger partial charge in [-0.05, 0) is 29.8 Å². The first-order chi connectivity index (χ1) is 11.2. The fourth-order valence-corrected chi connectivity index (χ4v) is 2.07. The van der Waals surface area contributed by atoms with E-state index in [2.05, 4.69) is 15.6 Å². The molecule has 0 unspecified atom stereocenters. The van der Waals surface area contributed by atoms with E-state index >= 15 is 0 Å². The lowest BCUT2D eigenvalue weighted by Crippen LogP contribution is -2.12. The first-order valence-corrected chi connectivity index (χ1v) is 7.00. The van der Waals surface area contributed by atoms with Crippen molar-refractivity contribution in [2.75, 3.05) is 5.32 Å². The number of rotatable bonds is 4. The van der Waals surface area contributed by atoms with Crippen molar-refractivity contribution in [1.82, 2.24) is 15.0 Å². The third-order valence-electron chi connectivity index (χ3n) is 3.23. The van der Waals surface area contributed by atoms with Gasteiger partial charge in [-0.2, -0.15) is 5.26 Å². The van der Waals surface area contributed by atoms with Crippen molar-refractivity contribution >= 4 is 11.6 Å². The summed E-state index contributed by atoms with van der Waals surface area (Å²) in [5, 5.41) is 19.3. The fourth-order valence-electron chi connectivity index (χ4n) is 2.07. The van der Waals surface area contributed by atoms with E-state index in [1.807, 2.05) is 36.4 Å². The Bertz CT molecular complexity index is 847. The maximum absolute atomic E-state index is 12.1. The Morgan fingerprint density at radius 2 is 1.87 bits per heavy atom. The minimum absolute atomic E-state index is 0.241. The molecule has 0 fully saturated rings. The second-order valence-corrected chi connectivity index (χ2v) is 4.93. The average Bonchev–Trinajstić information content (AvgIpc) is 3.05. The molecule has 1 N–H and O–H groups in total. The molecule has 112 valence electrons. The molecule has 1 heterocycles. The van der Waals surface area contributed by atoms with Crippen LogP contribution in [-0.4, -0.2) is 20.9 Å². The van der Waals surface area contributed by atoms with Gasteiger partial charge in [-0.1, -0.05) is 35.5 Å². The maximum Gasteiger partial charge on any atom is 0.277 e. The van der Waals surface area contributed by atoms with Crippen LogP contribution in [-0.2, 0) is 6.54 Å². The van der Waals surface area contributed by atoms with Crippen LogP contribution >= 0.6 is 0 Å². The summed E-state index contributed by atoms with van der Waals surface area (Å²) in [6.07, 6.45) is 1.60. The summed E-state index contributed by atoms with van der Waals surface area (Å²) in [6.45, 7) is 0.554. The third kappa shape index (κ3) is 3.60. The predicted octanol–water partition coefficient (Wildman–Crippen LogP) is 2.45. The molecule has 1 amide bonds. The highest BCUT2D eigenvalue weighted by atomic mass is 16.2. The zero-order chi connectivity index (χ0) is 16.1. The lowest BCUT2D eigenvalue weighted by Gasteiger charge is -2.02. The van der Waals surface area contributed by atoms with Gasteiger partial charge in [-0.3, -0.25) is 4.79 Å². The average molecular weight is 303 g/mol. The molecule has 0 saturated carbocycles. The lowest BCUT2D eigenvalue weighted by molar-refractivity contribution is 0.102. The number of benzene rings is 2. The highest BCUT2D eigenvalue weighted by Crippen LogP contribution is 2.10. The van der Waals surface area contributed by atoms with Crippen molar-refractivity contribution < 1.29 is 4.79 Å². The Morgan fingerprint density at radius 1 is 1.13 bits per heavy atom. The molecule has 0 saturated heterocycles. The molecule has 3 aromatic rings. The number of hydrogen-bond donors (Lipinski definition) is 1. The number of nitriles is 1. The topological polar surface area (TPSA) is 83.6 Å². The molecule has 23 heavy (non-hydrogen) atoms. The summed E-state index contributed by atoms with van der Waals surface area (Å²) in [6, 6.07) is 18.5. The minimum atomic E-state index is -0.339. The second-order valence-electron chi connectivity index (χ2n) is 4.93. The number of anilines is 1. The normalized spacial score (nSPS) is 10.0. The zero-order valence-electron chi connectivity index (χ0n) is 12.2. The SMILES string of the molecule is N#Cc1ccc(NC(=O)c2cn(Cc3ccccc3)nn2)cc1. The van der Waals surface area contributed by atoms with Crippen molar-refractivity contribution in [3.63, 3.8) is 0 Å². The van der Waals surface area contributed by atoms with Gasteiger partial charge in [0, 0.05) is 5.69 Å². The lowest BCUT2D eigenvalue weighted by atomic mass is 10.2. The molecule has 0 radical (unpaired) electrons. The van der Waals surface area contributed by atoms with Crippen LogP contribution in [0.25, 0.3) is 0 Å². The first-order valence-electron chi connectivity index (χ1n) is 7.00. The van der Waals surface area contributed by atoms with Crippen LogP contribution in [0.4, 0.5) is 5.69 Å². The second kappa shape index (κ2) is 6.54. The van der Waals surface area contributed by atoms with E-state index in [1.54, 1.807) is 35.1 Å². The van der Waals surface area contributed by atoms with Crippen molar-refractivity contribution in [3.8, 4) is 6.07 Å². The molecule has 0 aliphatic rings. The standard InChI is InChI=1S/C17H13N5O/c18-10-13-6-8-15(9-7-13)19-17(23)16-12-22(21-20-16)11-14-4-2-1-3-5-14/h1-9,12H,11H2,(H,19,23). The zero-order valence-corrected chi connectivity index (χ0v) is 12.2. The summed E-state index contributed by atoms with van der Waals surface area (Å²) in [5.74, 6) is -0.339. The number of aromatic nitrogens is 3. The molecular weight excluding hydrogens is 290 g/mol. The van der Waals surface area contributed by atoms with E-state index in [4.69, 9.17) is 5.26 Å². The number of hydrogen-bond acceptors (Lipinski definition) is 4. The quantitative estimate of drug-likeness (QED) is 0.802. The molecule has 0 atom stereocenters. The summed E-state index contributed by atoms with van der Waals surface area (Å²) >= 11 is 0. The van der Waals surface area contributed by atoms with E-state index in [9.17, 15) is 4.79 Å². The van der Waals surface area contributed by atoms with Gasteiger partial charge in [-0.15, -0.1) is 5.10 Å². The Labute approximate surface area is 133 Å². The van der Waals surface area contributed by atoms with Gasteiger partial charge in [0.05, 0.1) is 24.4 Å². The predicted molar refractivity (Wildman–Crippen MR) is 84.7 cm³/mol. The highest BCUT2D eigenvalue weighted by Gasteiger charge is 2.11. The van der Waals surface area contributed by atoms with Gasteiger partial charge in [0.25, 0.3) is 5.91 Å². The summed E-state index contributed by atoms with van der Waals surface area (Å²) < 4.78 is 1.61. The number of carbonyl (C=O) groups excluding carboxylic acids is 1. The molecular formula is C17H13N5O. The van der Waals surface area contributed by atoms with Crippen molar-refractivity contribution in [2.24, 2.45) is 0 Å². The van der Waals surface area contributed by atoms with Gasteiger partial charge in [0.2, 0.25) is 0 Å². The molecule has 6 heteroatoms. The van der Waals surface area contributed by atoms with E-state index in [1.165, 1.54) is 0 Å². The monoisotopic (exact) mass is 303 g/mol. The summed E-state index contributed by atoms with van der Waals surface area (Å²) in [4.78, 5) is 12.1. The first kappa shape index (κ1) is 14.5. The van der Waals surface area contributed by atoms with E-state index in [-0.39, 0.29) is 11.6 Å². The van der Waals surface area contributed by atoms with Crippen LogP contribution in [0.1, 0.15) is 21.6 Å². The van der Waals surface area contributed by atoms with Crippen LogP contribution in [0.5, 0.6) is 0 Å². The van der Waals surface area contributed by atoms with Gasteiger partial charge in [-0.25, -0.2) is 4.68 Å². The Morgan fingerprint density at radius 3 is 2.57 bits per heavy atom. The fraction of sp³-hybridized carbons (Fsp3) is 0.0588. The van der Waals surface area contributed by atoms with Crippen LogP contribution in [0.15, 0.2) is 60.8 Å². The third-order valence-corrected chi connectivity index (χ3v) is 3.23. The van der Waals surface area contributed by atoms with Gasteiger partial charge in [0.15, 0.2) is 5.69 Å². The molecule has 0 aliphatic carbocycles. The van der Waals surface area contributed by atoms with E-state index < -0.39 is 0 Å². The summed E-state index contributed by atoms with van der Waals surface area (Å²) in [7, 11) is 0. The molecule has 6 nitrogen and oxygen atoms in total. The molecule has 0 bridgehead atoms. The van der Waals surface area contributed by atoms with Crippen molar-refractivity contribution in [2.45, 2.75) is 6.54 Å². The van der Waals surface area contributed by atoms with Gasteiger partial charge >= 0.3 is 0 Å². The smallest absolute Gasteiger partial charge is 0.277 e. The van der Waals surface area contributed by atoms with Crippen LogP contribution in [0.3, 0.4) is 0 Å². The van der Waals surface area contributed by atoms with E-state index in [0.717, 1.165) is 5.56 Å². The number of nitrogens with one attached hydrogen (secondary N) is 1. The number of amides is 1. The van der Waals surface area contributed by atoms with Gasteiger partial charge < -0.3 is 5.32 Å². The Hall–Kier alpha value is -3.46. The molecule has 2 aromatic carbocycles. The van der Waals surface area contributed by atoms with Crippen molar-refractivity contribution in [3.05, 3.63) is 77.6 Å². The van der Waals surface area contributed by atoms with E-state index in [0.29, 0.717) is 17.8 Å². The number of nitrogens with zero attached hydrogens (tertiary/aromatic N) is 4. The molecule has 3 rings (SSSR count). The maximum atomic E-state index is 12.1. The highest BCUT2D eigenvalue weighted by molar-refractivity contribution is 6.02. The molecule has 1 aromatic heterocycles. The van der Waals surface area contributed by atoms with Crippen LogP contribution in [0, 0.1) is 11.3 Å². The van der Waals surface area contributed by atoms with Crippen molar-refractivity contribution in [1.29, 1.82) is 5.26 Å². The molecule has 0 aliphatic heterocycles. The molecule has 0 spiro atoms. The van der Waals surface area contributed by atoms with Gasteiger partial charge in [0.1, 0.15) is 0 Å². The van der Waals surface area contributed by atoms with Crippen LogP contribution in [0.2, 0.25) is 0 Å². The van der Waals surface area contributed by atoms with Crippen LogP contribution < -0.4 is 5.32 Å². The number of carbonyl (C=O) groups is 1.